The molecule has 1 aromatic rings. The molecule has 1 aromatic carbocycles. The Kier molecular flexibility index (Phi) is 21.6. The van der Waals surface area contributed by atoms with Crippen molar-refractivity contribution in [2.75, 3.05) is 77.1 Å². The average molecular weight is 538 g/mol. The molecule has 7 heteroatoms. The molecule has 0 unspecified atom stereocenters. The number of rotatable bonds is 23. The smallest absolute Gasteiger partial charge is 0.0718 e. The molecule has 0 radical (unpaired) electrons. The molecule has 0 bridgehead atoms. The van der Waals surface area contributed by atoms with E-state index in [0.29, 0.717) is 72.7 Å². The number of benzene rings is 1. The van der Waals surface area contributed by atoms with Crippen molar-refractivity contribution in [3.63, 3.8) is 0 Å². The third-order valence-electron chi connectivity index (χ3n) is 4.14. The molecule has 6 nitrogen and oxygen atoms in total. The van der Waals surface area contributed by atoms with E-state index in [1.54, 1.807) is 0 Å². The third kappa shape index (κ3) is 19.7. The highest BCUT2D eigenvalue weighted by atomic mass is 127. The van der Waals surface area contributed by atoms with Crippen molar-refractivity contribution in [1.82, 2.24) is 0 Å². The Morgan fingerprint density at radius 3 is 1.40 bits per heavy atom. The van der Waals surface area contributed by atoms with Crippen LogP contribution in [-0.2, 0) is 35.0 Å². The number of unbranched alkanes of at least 4 members (excludes halogenated alkanes) is 3. The molecule has 0 aliphatic carbocycles. The molecule has 0 spiro atoms. The van der Waals surface area contributed by atoms with Gasteiger partial charge in [0.05, 0.1) is 72.7 Å². The zero-order valence-electron chi connectivity index (χ0n) is 18.2. The maximum Gasteiger partial charge on any atom is 0.0718 e. The minimum Gasteiger partial charge on any atom is -0.379 e. The molecule has 0 heterocycles. The molecular formula is C23H39IO6. The van der Waals surface area contributed by atoms with Crippen LogP contribution in [0.1, 0.15) is 31.2 Å². The number of hydrogen-bond acceptors (Lipinski definition) is 6. The molecule has 0 atom stereocenters. The van der Waals surface area contributed by atoms with E-state index in [1.807, 2.05) is 18.2 Å². The fourth-order valence-corrected chi connectivity index (χ4v) is 3.06. The van der Waals surface area contributed by atoms with Crippen LogP contribution in [0.2, 0.25) is 0 Å². The molecule has 0 amide bonds. The topological polar surface area (TPSA) is 55.4 Å². The predicted octanol–water partition coefficient (Wildman–Crippen LogP) is 4.28. The van der Waals surface area contributed by atoms with Gasteiger partial charge >= 0.3 is 0 Å². The monoisotopic (exact) mass is 538 g/mol. The Hall–Kier alpha value is -0.290. The Morgan fingerprint density at radius 1 is 0.467 bits per heavy atom. The summed E-state index contributed by atoms with van der Waals surface area (Å²) in [4.78, 5) is 0. The van der Waals surface area contributed by atoms with E-state index in [0.717, 1.165) is 13.0 Å². The summed E-state index contributed by atoms with van der Waals surface area (Å²) >= 11 is 2.42. The Balaban J connectivity index is 1.65. The number of ether oxygens (including phenoxy) is 6. The number of alkyl halides is 1. The highest BCUT2D eigenvalue weighted by Crippen LogP contribution is 2.02. The molecular weight excluding hydrogens is 499 g/mol. The Bertz CT molecular complexity index is 449. The molecule has 0 N–H and O–H groups in total. The first-order chi connectivity index (χ1) is 14.9. The van der Waals surface area contributed by atoms with Crippen LogP contribution >= 0.6 is 22.6 Å². The van der Waals surface area contributed by atoms with Gasteiger partial charge in [0.2, 0.25) is 0 Å². The van der Waals surface area contributed by atoms with Gasteiger partial charge in [-0.2, -0.15) is 0 Å². The first kappa shape index (κ1) is 27.7. The average Bonchev–Trinajstić information content (AvgIpc) is 2.78. The van der Waals surface area contributed by atoms with Crippen LogP contribution in [-0.4, -0.2) is 77.1 Å². The summed E-state index contributed by atoms with van der Waals surface area (Å²) in [6, 6.07) is 10.1. The van der Waals surface area contributed by atoms with Gasteiger partial charge < -0.3 is 28.4 Å². The summed E-state index contributed by atoms with van der Waals surface area (Å²) in [5.74, 6) is 0. The van der Waals surface area contributed by atoms with Gasteiger partial charge in [-0.05, 0) is 22.8 Å². The van der Waals surface area contributed by atoms with E-state index in [2.05, 4.69) is 34.7 Å². The first-order valence-electron chi connectivity index (χ1n) is 11.0. The van der Waals surface area contributed by atoms with Crippen LogP contribution in [0.4, 0.5) is 0 Å². The lowest BCUT2D eigenvalue weighted by Crippen LogP contribution is -2.14. The molecule has 0 fully saturated rings. The van der Waals surface area contributed by atoms with Crippen LogP contribution in [0.15, 0.2) is 30.3 Å². The quantitative estimate of drug-likeness (QED) is 0.118. The largest absolute Gasteiger partial charge is 0.379 e. The lowest BCUT2D eigenvalue weighted by atomic mass is 10.2. The lowest BCUT2D eigenvalue weighted by molar-refractivity contribution is -0.0178. The van der Waals surface area contributed by atoms with E-state index >= 15 is 0 Å². The normalized spacial score (nSPS) is 11.2. The van der Waals surface area contributed by atoms with E-state index in [9.17, 15) is 0 Å². The predicted molar refractivity (Wildman–Crippen MR) is 128 cm³/mol. The maximum absolute atomic E-state index is 5.55. The van der Waals surface area contributed by atoms with Gasteiger partial charge in [-0.3, -0.25) is 0 Å². The van der Waals surface area contributed by atoms with Crippen molar-refractivity contribution in [1.29, 1.82) is 0 Å². The second-order valence-electron chi connectivity index (χ2n) is 6.70. The molecule has 1 rings (SSSR count). The standard InChI is InChI=1S/C23H39IO6/c24-10-6-1-2-7-11-25-12-13-26-14-15-27-16-17-28-18-19-29-20-21-30-22-23-8-4-3-5-9-23/h3-5,8-9H,1-2,6-7,10-22H2. The summed E-state index contributed by atoms with van der Waals surface area (Å²) in [6.07, 6.45) is 5.02. The van der Waals surface area contributed by atoms with Gasteiger partial charge in [-0.25, -0.2) is 0 Å². The number of halogens is 1. The molecule has 174 valence electrons. The molecule has 0 saturated carbocycles. The first-order valence-corrected chi connectivity index (χ1v) is 12.5. The van der Waals surface area contributed by atoms with E-state index in [1.165, 1.54) is 29.3 Å². The fourth-order valence-electron chi connectivity index (χ4n) is 2.52. The van der Waals surface area contributed by atoms with Crippen LogP contribution < -0.4 is 0 Å². The zero-order valence-corrected chi connectivity index (χ0v) is 20.4. The van der Waals surface area contributed by atoms with Crippen LogP contribution in [0.3, 0.4) is 0 Å². The van der Waals surface area contributed by atoms with E-state index in [4.69, 9.17) is 28.4 Å². The van der Waals surface area contributed by atoms with E-state index in [-0.39, 0.29) is 0 Å². The summed E-state index contributed by atoms with van der Waals surface area (Å²) in [7, 11) is 0. The van der Waals surface area contributed by atoms with Crippen molar-refractivity contribution >= 4 is 22.6 Å². The zero-order chi connectivity index (χ0) is 21.4. The summed E-state index contributed by atoms with van der Waals surface area (Å²) in [6.45, 7) is 7.33. The van der Waals surface area contributed by atoms with Crippen molar-refractivity contribution in [3.8, 4) is 0 Å². The maximum atomic E-state index is 5.55. The molecule has 0 aromatic heterocycles. The van der Waals surface area contributed by atoms with Gasteiger partial charge in [0.15, 0.2) is 0 Å². The highest BCUT2D eigenvalue weighted by Gasteiger charge is 1.95. The molecule has 0 saturated heterocycles. The molecule has 0 aliphatic heterocycles. The Morgan fingerprint density at radius 2 is 0.900 bits per heavy atom. The fraction of sp³-hybridized carbons (Fsp3) is 0.739. The highest BCUT2D eigenvalue weighted by molar-refractivity contribution is 14.1. The van der Waals surface area contributed by atoms with Crippen LogP contribution in [0.5, 0.6) is 0 Å². The van der Waals surface area contributed by atoms with Gasteiger partial charge in [-0.1, -0.05) is 65.8 Å². The van der Waals surface area contributed by atoms with Gasteiger partial charge in [0.25, 0.3) is 0 Å². The van der Waals surface area contributed by atoms with E-state index < -0.39 is 0 Å². The van der Waals surface area contributed by atoms with Crippen LogP contribution in [0.25, 0.3) is 0 Å². The minimum absolute atomic E-state index is 0.563. The second kappa shape index (κ2) is 23.4. The SMILES string of the molecule is ICCCCCCOCCOCCOCCOCCOCCOCc1ccccc1. The molecule has 30 heavy (non-hydrogen) atoms. The minimum atomic E-state index is 0.563. The second-order valence-corrected chi connectivity index (χ2v) is 7.78. The lowest BCUT2D eigenvalue weighted by Gasteiger charge is -2.08. The number of hydrogen-bond donors (Lipinski definition) is 0. The van der Waals surface area contributed by atoms with Gasteiger partial charge in [0, 0.05) is 6.61 Å². The van der Waals surface area contributed by atoms with Crippen molar-refractivity contribution in [2.45, 2.75) is 32.3 Å². The summed E-state index contributed by atoms with van der Waals surface area (Å²) in [5.41, 5.74) is 1.17. The van der Waals surface area contributed by atoms with Crippen molar-refractivity contribution < 1.29 is 28.4 Å². The van der Waals surface area contributed by atoms with Crippen molar-refractivity contribution in [2.24, 2.45) is 0 Å². The van der Waals surface area contributed by atoms with Crippen molar-refractivity contribution in [3.05, 3.63) is 35.9 Å². The van der Waals surface area contributed by atoms with Gasteiger partial charge in [0.1, 0.15) is 0 Å². The summed E-state index contributed by atoms with van der Waals surface area (Å²) in [5, 5.41) is 0. The van der Waals surface area contributed by atoms with Crippen LogP contribution in [0, 0.1) is 0 Å². The third-order valence-corrected chi connectivity index (χ3v) is 4.91. The Labute approximate surface area is 196 Å². The molecule has 0 aliphatic rings. The van der Waals surface area contributed by atoms with Gasteiger partial charge in [-0.15, -0.1) is 0 Å². The summed E-state index contributed by atoms with van der Waals surface area (Å²) < 4.78 is 34.2.